The molecule has 1 saturated heterocycles. The van der Waals surface area contributed by atoms with Crippen molar-refractivity contribution in [1.29, 1.82) is 0 Å². The van der Waals surface area contributed by atoms with Crippen molar-refractivity contribution in [2.24, 2.45) is 5.92 Å². The molecule has 2 aromatic rings. The van der Waals surface area contributed by atoms with Crippen LogP contribution in [-0.4, -0.2) is 52.6 Å². The lowest BCUT2D eigenvalue weighted by atomic mass is 10.0. The van der Waals surface area contributed by atoms with Gasteiger partial charge in [-0.15, -0.1) is 0 Å². The molecule has 1 aromatic heterocycles. The topological polar surface area (TPSA) is 41.4 Å². The van der Waals surface area contributed by atoms with Gasteiger partial charge < -0.3 is 4.90 Å². The summed E-state index contributed by atoms with van der Waals surface area (Å²) in [6, 6.07) is 6.01. The molecule has 0 N–H and O–H groups in total. The SMILES string of the molecule is CCCC(c1nc2ccc(Br)cc2c(=O)n1CC)N1CCN(C)C[C@H](CC)C1. The average Bonchev–Trinajstić information content (AvgIpc) is 2.88. The number of nitrogens with zero attached hydrogens (tertiary/aromatic N) is 4. The molecule has 0 radical (unpaired) electrons. The van der Waals surface area contributed by atoms with E-state index in [2.05, 4.69) is 46.6 Å². The van der Waals surface area contributed by atoms with E-state index in [0.717, 1.165) is 54.8 Å². The fourth-order valence-corrected chi connectivity index (χ4v) is 4.73. The first-order valence-electron chi connectivity index (χ1n) is 10.6. The van der Waals surface area contributed by atoms with E-state index >= 15 is 0 Å². The van der Waals surface area contributed by atoms with Crippen LogP contribution in [-0.2, 0) is 6.54 Å². The number of benzene rings is 1. The van der Waals surface area contributed by atoms with Gasteiger partial charge in [-0.3, -0.25) is 14.3 Å². The molecule has 1 aliphatic rings. The van der Waals surface area contributed by atoms with Gasteiger partial charge in [0.2, 0.25) is 0 Å². The molecule has 6 heteroatoms. The lowest BCUT2D eigenvalue weighted by molar-refractivity contribution is 0.163. The second kappa shape index (κ2) is 9.51. The van der Waals surface area contributed by atoms with Crippen LogP contribution in [0.25, 0.3) is 10.9 Å². The average molecular weight is 449 g/mol. The second-order valence-electron chi connectivity index (χ2n) is 8.02. The molecule has 1 unspecified atom stereocenters. The summed E-state index contributed by atoms with van der Waals surface area (Å²) in [5, 5.41) is 0.692. The van der Waals surface area contributed by atoms with Crippen LogP contribution in [0.15, 0.2) is 27.5 Å². The van der Waals surface area contributed by atoms with Crippen LogP contribution in [0.1, 0.15) is 51.9 Å². The molecule has 2 heterocycles. The monoisotopic (exact) mass is 448 g/mol. The smallest absolute Gasteiger partial charge is 0.261 e. The van der Waals surface area contributed by atoms with Crippen LogP contribution in [0, 0.1) is 5.92 Å². The molecule has 1 aromatic carbocycles. The highest BCUT2D eigenvalue weighted by Gasteiger charge is 2.29. The minimum atomic E-state index is 0.0730. The fraction of sp³-hybridized carbons (Fsp3) is 0.636. The molecular weight excluding hydrogens is 416 g/mol. The standard InChI is InChI=1S/C22H33BrN4O/c1-5-8-20(26-12-11-25(4)14-16(6-2)15-26)21-24-19-10-9-17(23)13-18(19)22(28)27(21)7-3/h9-10,13,16,20H,5-8,11-12,14-15H2,1-4H3/t16-,20?/m0/s1. The molecule has 5 nitrogen and oxygen atoms in total. The van der Waals surface area contributed by atoms with Gasteiger partial charge >= 0.3 is 0 Å². The maximum Gasteiger partial charge on any atom is 0.261 e. The number of rotatable bonds is 6. The van der Waals surface area contributed by atoms with Crippen LogP contribution in [0.5, 0.6) is 0 Å². The summed E-state index contributed by atoms with van der Waals surface area (Å²) in [5.41, 5.74) is 0.872. The van der Waals surface area contributed by atoms with E-state index in [4.69, 9.17) is 4.98 Å². The molecule has 0 saturated carbocycles. The Kier molecular flexibility index (Phi) is 7.29. The fourth-order valence-electron chi connectivity index (χ4n) is 4.37. The normalized spacial score (nSPS) is 20.4. The Balaban J connectivity index is 2.09. The zero-order chi connectivity index (χ0) is 20.3. The molecule has 2 atom stereocenters. The lowest BCUT2D eigenvalue weighted by Crippen LogP contribution is -2.38. The Bertz CT molecular complexity index is 865. The van der Waals surface area contributed by atoms with E-state index in [9.17, 15) is 4.79 Å². The maximum absolute atomic E-state index is 13.2. The summed E-state index contributed by atoms with van der Waals surface area (Å²) in [5.74, 6) is 1.59. The zero-order valence-corrected chi connectivity index (χ0v) is 19.2. The summed E-state index contributed by atoms with van der Waals surface area (Å²) in [6.07, 6.45) is 3.28. The number of halogens is 1. The summed E-state index contributed by atoms with van der Waals surface area (Å²) in [7, 11) is 2.22. The third-order valence-corrected chi connectivity index (χ3v) is 6.46. The van der Waals surface area contributed by atoms with Crippen molar-refractivity contribution in [2.75, 3.05) is 33.2 Å². The molecule has 1 fully saturated rings. The van der Waals surface area contributed by atoms with Crippen LogP contribution >= 0.6 is 15.9 Å². The molecule has 3 rings (SSSR count). The summed E-state index contributed by atoms with van der Waals surface area (Å²) >= 11 is 3.49. The number of hydrogen-bond donors (Lipinski definition) is 0. The second-order valence-corrected chi connectivity index (χ2v) is 8.93. The van der Waals surface area contributed by atoms with Gasteiger partial charge in [-0.25, -0.2) is 4.98 Å². The van der Waals surface area contributed by atoms with Crippen LogP contribution in [0.3, 0.4) is 0 Å². The predicted octanol–water partition coefficient (Wildman–Crippen LogP) is 4.29. The molecule has 0 aliphatic carbocycles. The molecule has 1 aliphatic heterocycles. The molecule has 154 valence electrons. The zero-order valence-electron chi connectivity index (χ0n) is 17.6. The summed E-state index contributed by atoms with van der Waals surface area (Å²) in [6.45, 7) is 11.5. The quantitative estimate of drug-likeness (QED) is 0.660. The van der Waals surface area contributed by atoms with Crippen molar-refractivity contribution < 1.29 is 0 Å². The molecule has 0 bridgehead atoms. The van der Waals surface area contributed by atoms with Crippen molar-refractivity contribution >= 4 is 26.8 Å². The van der Waals surface area contributed by atoms with Gasteiger partial charge in [0, 0.05) is 37.2 Å². The summed E-state index contributed by atoms with van der Waals surface area (Å²) < 4.78 is 2.81. The highest BCUT2D eigenvalue weighted by atomic mass is 79.9. The molecular formula is C22H33BrN4O. The molecule has 28 heavy (non-hydrogen) atoms. The Hall–Kier alpha value is -1.24. The van der Waals surface area contributed by atoms with E-state index in [1.54, 1.807) is 0 Å². The molecule has 0 spiro atoms. The van der Waals surface area contributed by atoms with Gasteiger partial charge in [0.1, 0.15) is 5.82 Å². The highest BCUT2D eigenvalue weighted by Crippen LogP contribution is 2.28. The third kappa shape index (κ3) is 4.50. The first-order chi connectivity index (χ1) is 13.5. The van der Waals surface area contributed by atoms with Gasteiger partial charge in [-0.1, -0.05) is 42.6 Å². The minimum Gasteiger partial charge on any atom is -0.305 e. The Morgan fingerprint density at radius 1 is 1.21 bits per heavy atom. The van der Waals surface area contributed by atoms with Crippen LogP contribution in [0.2, 0.25) is 0 Å². The minimum absolute atomic E-state index is 0.0730. The van der Waals surface area contributed by atoms with Crippen molar-refractivity contribution in [1.82, 2.24) is 19.4 Å². The Morgan fingerprint density at radius 3 is 2.68 bits per heavy atom. The number of hydrogen-bond acceptors (Lipinski definition) is 4. The predicted molar refractivity (Wildman–Crippen MR) is 120 cm³/mol. The number of aromatic nitrogens is 2. The van der Waals surface area contributed by atoms with Crippen molar-refractivity contribution in [3.8, 4) is 0 Å². The van der Waals surface area contributed by atoms with Crippen molar-refractivity contribution in [2.45, 2.75) is 52.6 Å². The third-order valence-electron chi connectivity index (χ3n) is 5.97. The first kappa shape index (κ1) is 21.5. The number of likely N-dealkylation sites (N-methyl/N-ethyl adjacent to an activating group) is 1. The van der Waals surface area contributed by atoms with Crippen molar-refractivity contribution in [3.05, 3.63) is 38.9 Å². The Morgan fingerprint density at radius 2 is 2.00 bits per heavy atom. The largest absolute Gasteiger partial charge is 0.305 e. The van der Waals surface area contributed by atoms with Crippen molar-refractivity contribution in [3.63, 3.8) is 0 Å². The lowest BCUT2D eigenvalue weighted by Gasteiger charge is -2.33. The van der Waals surface area contributed by atoms with Crippen LogP contribution in [0.4, 0.5) is 0 Å². The van der Waals surface area contributed by atoms with E-state index in [1.807, 2.05) is 29.7 Å². The van der Waals surface area contributed by atoms with Gasteiger partial charge in [0.05, 0.1) is 16.9 Å². The first-order valence-corrected chi connectivity index (χ1v) is 11.4. The Labute approximate surface area is 176 Å². The van der Waals surface area contributed by atoms with Gasteiger partial charge in [0.15, 0.2) is 0 Å². The van der Waals surface area contributed by atoms with Crippen LogP contribution < -0.4 is 5.56 Å². The number of fused-ring (bicyclic) bond motifs is 1. The van der Waals surface area contributed by atoms with E-state index in [0.29, 0.717) is 17.8 Å². The van der Waals surface area contributed by atoms with Gasteiger partial charge in [-0.05, 0) is 44.5 Å². The molecule has 0 amide bonds. The van der Waals surface area contributed by atoms with E-state index < -0.39 is 0 Å². The van der Waals surface area contributed by atoms with E-state index in [1.165, 1.54) is 6.42 Å². The maximum atomic E-state index is 13.2. The summed E-state index contributed by atoms with van der Waals surface area (Å²) in [4.78, 5) is 23.3. The van der Waals surface area contributed by atoms with Gasteiger partial charge in [0.25, 0.3) is 5.56 Å². The van der Waals surface area contributed by atoms with Gasteiger partial charge in [-0.2, -0.15) is 0 Å². The van der Waals surface area contributed by atoms with E-state index in [-0.39, 0.29) is 11.6 Å². The highest BCUT2D eigenvalue weighted by molar-refractivity contribution is 9.10.